The molecule has 0 unspecified atom stereocenters. The molecule has 7 heavy (non-hydrogen) atoms. The van der Waals surface area contributed by atoms with Gasteiger partial charge in [0.1, 0.15) is 0 Å². The smallest absolute Gasteiger partial charge is 0.176 e. The number of halogens is 1. The standard InChI is InChI=1S/C4H3FS.BH3/c5-4-2-1-3-6-4;/h1-3H;1H3. The molecule has 1 aromatic heterocycles. The van der Waals surface area contributed by atoms with Gasteiger partial charge in [-0.05, 0) is 17.5 Å². The summed E-state index contributed by atoms with van der Waals surface area (Å²) >= 11 is 1.11. The second kappa shape index (κ2) is 2.80. The summed E-state index contributed by atoms with van der Waals surface area (Å²) in [5.74, 6) is 0. The topological polar surface area (TPSA) is 0 Å². The molecule has 0 N–H and O–H groups in total. The van der Waals surface area contributed by atoms with E-state index in [2.05, 4.69) is 0 Å². The first-order valence-corrected chi connectivity index (χ1v) is 2.46. The molecule has 0 atom stereocenters. The zero-order valence-electron chi connectivity index (χ0n) is 3.02. The Labute approximate surface area is 47.6 Å². The molecule has 3 heteroatoms. The fourth-order valence-electron chi connectivity index (χ4n) is 0.259. The average molecular weight is 116 g/mol. The lowest BCUT2D eigenvalue weighted by atomic mass is 10.7. The van der Waals surface area contributed by atoms with Crippen LogP contribution < -0.4 is 0 Å². The van der Waals surface area contributed by atoms with Crippen molar-refractivity contribution in [2.45, 2.75) is 0 Å². The van der Waals surface area contributed by atoms with E-state index in [-0.39, 0.29) is 13.5 Å². The van der Waals surface area contributed by atoms with E-state index in [1.807, 2.05) is 0 Å². The summed E-state index contributed by atoms with van der Waals surface area (Å²) in [4.78, 5) is 0. The van der Waals surface area contributed by atoms with Crippen LogP contribution in [0.15, 0.2) is 17.5 Å². The van der Waals surface area contributed by atoms with Crippen molar-refractivity contribution < 1.29 is 4.39 Å². The Morgan fingerprint density at radius 1 is 1.57 bits per heavy atom. The van der Waals surface area contributed by atoms with Gasteiger partial charge in [0.25, 0.3) is 0 Å². The molecule has 0 aromatic carbocycles. The Balaban J connectivity index is 0.000000360. The van der Waals surface area contributed by atoms with E-state index in [1.165, 1.54) is 6.07 Å². The monoisotopic (exact) mass is 116 g/mol. The third-order valence-corrected chi connectivity index (χ3v) is 1.14. The van der Waals surface area contributed by atoms with Crippen molar-refractivity contribution >= 4 is 19.7 Å². The van der Waals surface area contributed by atoms with Gasteiger partial charge in [0.05, 0.1) is 8.41 Å². The summed E-state index contributed by atoms with van der Waals surface area (Å²) in [5, 5.41) is 1.59. The Morgan fingerprint density at radius 3 is 2.43 bits per heavy atom. The SMILES string of the molecule is B.Fc1cccs1. The Morgan fingerprint density at radius 2 is 2.29 bits per heavy atom. The van der Waals surface area contributed by atoms with Crippen molar-refractivity contribution in [1.82, 2.24) is 0 Å². The van der Waals surface area contributed by atoms with E-state index in [1.54, 1.807) is 11.4 Å². The quantitative estimate of drug-likeness (QED) is 0.437. The van der Waals surface area contributed by atoms with Crippen molar-refractivity contribution in [2.75, 3.05) is 0 Å². The van der Waals surface area contributed by atoms with Crippen LogP contribution in [0.3, 0.4) is 0 Å². The van der Waals surface area contributed by atoms with Gasteiger partial charge >= 0.3 is 0 Å². The van der Waals surface area contributed by atoms with Crippen LogP contribution >= 0.6 is 11.3 Å². The maximum Gasteiger partial charge on any atom is 0.176 e. The van der Waals surface area contributed by atoms with Gasteiger partial charge in [0, 0.05) is 0 Å². The van der Waals surface area contributed by atoms with Crippen molar-refractivity contribution in [3.05, 3.63) is 22.6 Å². The fourth-order valence-corrected chi connectivity index (χ4v) is 0.703. The molecule has 0 fully saturated rings. The predicted octanol–water partition coefficient (Wildman–Crippen LogP) is 0.703. The lowest BCUT2D eigenvalue weighted by Crippen LogP contribution is -1.43. The normalized spacial score (nSPS) is 7.57. The zero-order chi connectivity index (χ0) is 4.41. The molecule has 0 spiro atoms. The van der Waals surface area contributed by atoms with E-state index in [0.717, 1.165) is 11.3 Å². The van der Waals surface area contributed by atoms with Gasteiger partial charge in [0.2, 0.25) is 0 Å². The summed E-state index contributed by atoms with van der Waals surface area (Å²) in [6.07, 6.45) is 0. The van der Waals surface area contributed by atoms with E-state index in [0.29, 0.717) is 0 Å². The highest BCUT2D eigenvalue weighted by molar-refractivity contribution is 7.08. The molecule has 0 amide bonds. The first kappa shape index (κ1) is 6.69. The van der Waals surface area contributed by atoms with Crippen molar-refractivity contribution in [2.24, 2.45) is 0 Å². The molecule has 0 aliphatic carbocycles. The van der Waals surface area contributed by atoms with E-state index < -0.39 is 0 Å². The number of rotatable bonds is 0. The largest absolute Gasteiger partial charge is 0.195 e. The number of hydrogen-bond donors (Lipinski definition) is 0. The van der Waals surface area contributed by atoms with Gasteiger partial charge in [-0.1, -0.05) is 0 Å². The number of hydrogen-bond acceptors (Lipinski definition) is 1. The molecule has 0 aliphatic rings. The highest BCUT2D eigenvalue weighted by Gasteiger charge is 1.80. The van der Waals surface area contributed by atoms with E-state index in [9.17, 15) is 4.39 Å². The average Bonchev–Trinajstić information content (AvgIpc) is 1.86. The molecular formula is C4H6BFS. The van der Waals surface area contributed by atoms with Crippen LogP contribution in [0, 0.1) is 5.13 Å². The lowest BCUT2D eigenvalue weighted by molar-refractivity contribution is 0.657. The van der Waals surface area contributed by atoms with Gasteiger partial charge in [-0.15, -0.1) is 11.3 Å². The summed E-state index contributed by atoms with van der Waals surface area (Å²) in [5.41, 5.74) is 0. The first-order valence-electron chi connectivity index (χ1n) is 1.58. The van der Waals surface area contributed by atoms with Crippen LogP contribution in [-0.4, -0.2) is 8.41 Å². The minimum absolute atomic E-state index is 0. The molecule has 1 aromatic rings. The number of thiophene rings is 1. The van der Waals surface area contributed by atoms with E-state index in [4.69, 9.17) is 0 Å². The zero-order valence-corrected chi connectivity index (χ0v) is 3.83. The van der Waals surface area contributed by atoms with Gasteiger partial charge < -0.3 is 0 Å². The first-order chi connectivity index (χ1) is 2.89. The van der Waals surface area contributed by atoms with Crippen LogP contribution in [0.4, 0.5) is 4.39 Å². The molecule has 0 aliphatic heterocycles. The Kier molecular flexibility index (Phi) is 2.68. The van der Waals surface area contributed by atoms with Gasteiger partial charge in [-0.25, -0.2) is 0 Å². The second-order valence-corrected chi connectivity index (χ2v) is 1.82. The van der Waals surface area contributed by atoms with Crippen molar-refractivity contribution in [3.63, 3.8) is 0 Å². The second-order valence-electron chi connectivity index (χ2n) is 0.917. The molecule has 1 heterocycles. The summed E-state index contributed by atoms with van der Waals surface area (Å²) < 4.78 is 11.7. The fraction of sp³-hybridized carbons (Fsp3) is 0. The van der Waals surface area contributed by atoms with Gasteiger partial charge in [-0.3, -0.25) is 0 Å². The summed E-state index contributed by atoms with van der Waals surface area (Å²) in [7, 11) is 0. The molecule has 0 saturated heterocycles. The molecule has 0 radical (unpaired) electrons. The Hall–Kier alpha value is -0.305. The minimum atomic E-state index is -0.116. The van der Waals surface area contributed by atoms with Gasteiger partial charge in [0.15, 0.2) is 5.13 Å². The molecule has 0 saturated carbocycles. The molecule has 1 rings (SSSR count). The van der Waals surface area contributed by atoms with Crippen LogP contribution in [-0.2, 0) is 0 Å². The summed E-state index contributed by atoms with van der Waals surface area (Å²) in [6.45, 7) is 0. The third kappa shape index (κ3) is 1.73. The highest BCUT2D eigenvalue weighted by Crippen LogP contribution is 2.02. The van der Waals surface area contributed by atoms with Crippen molar-refractivity contribution in [3.8, 4) is 0 Å². The molecular weight excluding hydrogens is 110 g/mol. The van der Waals surface area contributed by atoms with Crippen LogP contribution in [0.25, 0.3) is 0 Å². The van der Waals surface area contributed by atoms with Crippen molar-refractivity contribution in [1.29, 1.82) is 0 Å². The Bertz CT molecular complexity index is 115. The van der Waals surface area contributed by atoms with Crippen LogP contribution in [0.1, 0.15) is 0 Å². The van der Waals surface area contributed by atoms with E-state index >= 15 is 0 Å². The van der Waals surface area contributed by atoms with Crippen LogP contribution in [0.2, 0.25) is 0 Å². The van der Waals surface area contributed by atoms with Gasteiger partial charge in [-0.2, -0.15) is 4.39 Å². The maximum absolute atomic E-state index is 11.7. The predicted molar refractivity (Wildman–Crippen MR) is 34.2 cm³/mol. The molecule has 0 bridgehead atoms. The molecule has 0 nitrogen and oxygen atoms in total. The maximum atomic E-state index is 11.7. The highest BCUT2D eigenvalue weighted by atomic mass is 32.1. The van der Waals surface area contributed by atoms with Crippen LogP contribution in [0.5, 0.6) is 0 Å². The minimum Gasteiger partial charge on any atom is -0.195 e. The lowest BCUT2D eigenvalue weighted by Gasteiger charge is -1.60. The third-order valence-electron chi connectivity index (χ3n) is 0.486. The molecule has 38 valence electrons. The summed E-state index contributed by atoms with van der Waals surface area (Å²) in [6, 6.07) is 3.12.